The molecule has 0 bridgehead atoms. The fourth-order valence-electron chi connectivity index (χ4n) is 4.00. The van der Waals surface area contributed by atoms with Crippen molar-refractivity contribution in [3.8, 4) is 5.75 Å². The minimum absolute atomic E-state index is 0.119. The van der Waals surface area contributed by atoms with Gasteiger partial charge in [0.1, 0.15) is 5.75 Å². The summed E-state index contributed by atoms with van der Waals surface area (Å²) < 4.78 is 5.64. The number of benzene rings is 1. The Bertz CT molecular complexity index is 684. The maximum absolute atomic E-state index is 12.6. The molecule has 1 heterocycles. The number of hydrogen-bond donors (Lipinski definition) is 1. The van der Waals surface area contributed by atoms with Gasteiger partial charge in [-0.05, 0) is 52.8 Å². The maximum Gasteiger partial charge on any atom is 0.242 e. The molecule has 1 fully saturated rings. The first-order valence-corrected chi connectivity index (χ1v) is 11.2. The van der Waals surface area contributed by atoms with Gasteiger partial charge in [-0.25, -0.2) is 0 Å². The van der Waals surface area contributed by atoms with E-state index in [1.807, 2.05) is 49.8 Å². The monoisotopic (exact) mass is 417 g/mol. The molecule has 1 aromatic rings. The maximum atomic E-state index is 12.6. The lowest BCUT2D eigenvalue weighted by molar-refractivity contribution is -0.131. The van der Waals surface area contributed by atoms with E-state index in [-0.39, 0.29) is 11.9 Å². The van der Waals surface area contributed by atoms with Crippen molar-refractivity contribution in [3.63, 3.8) is 0 Å². The van der Waals surface area contributed by atoms with Crippen molar-refractivity contribution in [2.45, 2.75) is 39.7 Å². The van der Waals surface area contributed by atoms with Crippen LogP contribution >= 0.6 is 0 Å². The first-order chi connectivity index (χ1) is 14.5. The summed E-state index contributed by atoms with van der Waals surface area (Å²) in [7, 11) is 3.65. The average molecular weight is 418 g/mol. The first-order valence-electron chi connectivity index (χ1n) is 11.2. The quantitative estimate of drug-likeness (QED) is 0.468. The number of amides is 1. The molecule has 2 rings (SSSR count). The Hall–Kier alpha value is -2.28. The number of hydrogen-bond acceptors (Lipinski definition) is 4. The SMILES string of the molecule is CCNC(=NCC(c1ccccc1OC)N1CCCC1)N(C)CC(=O)N(CC)CC. The second kappa shape index (κ2) is 12.4. The predicted octanol–water partition coefficient (Wildman–Crippen LogP) is 2.60. The number of nitrogens with one attached hydrogen (secondary N) is 1. The summed E-state index contributed by atoms with van der Waals surface area (Å²) in [6.45, 7) is 11.4. The number of carbonyl (C=O) groups is 1. The fraction of sp³-hybridized carbons (Fsp3) is 0.652. The third-order valence-corrected chi connectivity index (χ3v) is 5.68. The molecule has 1 saturated heterocycles. The van der Waals surface area contributed by atoms with Crippen LogP contribution in [0.5, 0.6) is 5.75 Å². The van der Waals surface area contributed by atoms with Crippen molar-refractivity contribution in [2.24, 2.45) is 4.99 Å². The summed E-state index contributed by atoms with van der Waals surface area (Å²) in [5.74, 6) is 1.78. The Balaban J connectivity index is 2.21. The normalized spacial score (nSPS) is 15.7. The molecule has 1 aliphatic rings. The number of carbonyl (C=O) groups excluding carboxylic acids is 1. The van der Waals surface area contributed by atoms with Crippen molar-refractivity contribution in [2.75, 3.05) is 60.0 Å². The van der Waals surface area contributed by atoms with E-state index in [2.05, 4.69) is 22.3 Å². The largest absolute Gasteiger partial charge is 0.496 e. The van der Waals surface area contributed by atoms with Crippen molar-refractivity contribution >= 4 is 11.9 Å². The topological polar surface area (TPSA) is 60.4 Å². The first kappa shape index (κ1) is 24.0. The van der Waals surface area contributed by atoms with Gasteiger partial charge in [-0.2, -0.15) is 0 Å². The highest BCUT2D eigenvalue weighted by molar-refractivity contribution is 5.86. The lowest BCUT2D eigenvalue weighted by Crippen LogP contribution is -2.46. The Morgan fingerprint density at radius 3 is 2.47 bits per heavy atom. The summed E-state index contributed by atoms with van der Waals surface area (Å²) >= 11 is 0. The molecule has 30 heavy (non-hydrogen) atoms. The van der Waals surface area contributed by atoms with Gasteiger partial charge in [-0.3, -0.25) is 14.7 Å². The third-order valence-electron chi connectivity index (χ3n) is 5.68. The molecule has 7 nitrogen and oxygen atoms in total. The highest BCUT2D eigenvalue weighted by Gasteiger charge is 2.26. The molecule has 1 N–H and O–H groups in total. The number of likely N-dealkylation sites (tertiary alicyclic amines) is 1. The van der Waals surface area contributed by atoms with E-state index >= 15 is 0 Å². The molecule has 1 aliphatic heterocycles. The van der Waals surface area contributed by atoms with Crippen LogP contribution in [0.1, 0.15) is 45.2 Å². The van der Waals surface area contributed by atoms with Crippen LogP contribution in [0.4, 0.5) is 0 Å². The van der Waals surface area contributed by atoms with E-state index in [9.17, 15) is 4.79 Å². The van der Waals surface area contributed by atoms with Crippen LogP contribution in [0.15, 0.2) is 29.3 Å². The van der Waals surface area contributed by atoms with Crippen LogP contribution in [-0.2, 0) is 4.79 Å². The molecular weight excluding hydrogens is 378 g/mol. The van der Waals surface area contributed by atoms with Crippen LogP contribution < -0.4 is 10.1 Å². The van der Waals surface area contributed by atoms with Gasteiger partial charge in [0.2, 0.25) is 5.91 Å². The Morgan fingerprint density at radius 1 is 1.20 bits per heavy atom. The molecule has 168 valence electrons. The van der Waals surface area contributed by atoms with Gasteiger partial charge in [0, 0.05) is 32.2 Å². The Kier molecular flexibility index (Phi) is 9.94. The summed E-state index contributed by atoms with van der Waals surface area (Å²) in [6.07, 6.45) is 2.43. The highest BCUT2D eigenvalue weighted by Crippen LogP contribution is 2.31. The number of aliphatic imine (C=N–C) groups is 1. The van der Waals surface area contributed by atoms with E-state index in [0.717, 1.165) is 44.4 Å². The van der Waals surface area contributed by atoms with Crippen LogP contribution in [0.2, 0.25) is 0 Å². The van der Waals surface area contributed by atoms with Crippen LogP contribution in [0.3, 0.4) is 0 Å². The van der Waals surface area contributed by atoms with Gasteiger partial charge < -0.3 is 19.9 Å². The molecular formula is C23H39N5O2. The zero-order chi connectivity index (χ0) is 21.9. The smallest absolute Gasteiger partial charge is 0.242 e. The van der Waals surface area contributed by atoms with Gasteiger partial charge in [0.15, 0.2) is 5.96 Å². The second-order valence-electron chi connectivity index (χ2n) is 7.62. The summed E-state index contributed by atoms with van der Waals surface area (Å²) in [5, 5.41) is 3.34. The minimum atomic E-state index is 0.119. The van der Waals surface area contributed by atoms with Crippen molar-refractivity contribution in [1.82, 2.24) is 20.0 Å². The molecule has 0 spiro atoms. The Labute approximate surface area is 182 Å². The van der Waals surface area contributed by atoms with Crippen molar-refractivity contribution < 1.29 is 9.53 Å². The van der Waals surface area contributed by atoms with E-state index in [4.69, 9.17) is 9.73 Å². The number of ether oxygens (including phenoxy) is 1. The Morgan fingerprint density at radius 2 is 1.87 bits per heavy atom. The standard InChI is InChI=1S/C23H39N5O2/c1-6-24-23(26(4)18-22(29)27(7-2)8-3)25-17-20(28-15-11-12-16-28)19-13-9-10-14-21(19)30-5/h9-10,13-14,20H,6-8,11-12,15-18H2,1-5H3,(H,24,25). The van der Waals surface area contributed by atoms with E-state index in [0.29, 0.717) is 13.1 Å². The molecule has 7 heteroatoms. The average Bonchev–Trinajstić information content (AvgIpc) is 3.28. The highest BCUT2D eigenvalue weighted by atomic mass is 16.5. The molecule has 0 aliphatic carbocycles. The molecule has 0 radical (unpaired) electrons. The lowest BCUT2D eigenvalue weighted by atomic mass is 10.0. The molecule has 1 aromatic carbocycles. The number of nitrogens with zero attached hydrogens (tertiary/aromatic N) is 4. The molecule has 1 unspecified atom stereocenters. The van der Waals surface area contributed by atoms with Gasteiger partial charge in [-0.15, -0.1) is 0 Å². The zero-order valence-electron chi connectivity index (χ0n) is 19.4. The minimum Gasteiger partial charge on any atom is -0.496 e. The number of guanidine groups is 1. The predicted molar refractivity (Wildman–Crippen MR) is 123 cm³/mol. The molecule has 1 atom stereocenters. The summed E-state index contributed by atoms with van der Waals surface area (Å²) in [6, 6.07) is 8.37. The van der Waals surface area contributed by atoms with E-state index < -0.39 is 0 Å². The van der Waals surface area contributed by atoms with Crippen molar-refractivity contribution in [1.29, 1.82) is 0 Å². The number of likely N-dealkylation sites (N-methyl/N-ethyl adjacent to an activating group) is 2. The third kappa shape index (κ3) is 6.36. The fourth-order valence-corrected chi connectivity index (χ4v) is 4.00. The number of rotatable bonds is 10. The van der Waals surface area contributed by atoms with Crippen LogP contribution in [0, 0.1) is 0 Å². The lowest BCUT2D eigenvalue weighted by Gasteiger charge is -2.29. The van der Waals surface area contributed by atoms with Gasteiger partial charge in [-0.1, -0.05) is 18.2 Å². The van der Waals surface area contributed by atoms with Crippen molar-refractivity contribution in [3.05, 3.63) is 29.8 Å². The number of methoxy groups -OCH3 is 1. The molecule has 0 saturated carbocycles. The van der Waals surface area contributed by atoms with Gasteiger partial charge in [0.05, 0.1) is 26.2 Å². The van der Waals surface area contributed by atoms with Crippen LogP contribution in [0.25, 0.3) is 0 Å². The van der Waals surface area contributed by atoms with E-state index in [1.165, 1.54) is 18.4 Å². The molecule has 1 amide bonds. The summed E-state index contributed by atoms with van der Waals surface area (Å²) in [4.78, 5) is 23.8. The van der Waals surface area contributed by atoms with Gasteiger partial charge in [0.25, 0.3) is 0 Å². The zero-order valence-corrected chi connectivity index (χ0v) is 19.4. The van der Waals surface area contributed by atoms with Crippen LogP contribution in [-0.4, -0.2) is 86.5 Å². The van der Waals surface area contributed by atoms with E-state index in [1.54, 1.807) is 7.11 Å². The second-order valence-corrected chi connectivity index (χ2v) is 7.62. The van der Waals surface area contributed by atoms with Gasteiger partial charge >= 0.3 is 0 Å². The number of para-hydroxylation sites is 1. The molecule has 0 aromatic heterocycles. The summed E-state index contributed by atoms with van der Waals surface area (Å²) in [5.41, 5.74) is 1.17.